The van der Waals surface area contributed by atoms with Crippen LogP contribution in [0.2, 0.25) is 5.02 Å². The van der Waals surface area contributed by atoms with Crippen LogP contribution in [0.5, 0.6) is 0 Å². The lowest BCUT2D eigenvalue weighted by atomic mass is 10.1. The number of primary amides is 1. The minimum atomic E-state index is -0.852. The zero-order valence-corrected chi connectivity index (χ0v) is 10.7. The molecule has 0 aliphatic carbocycles. The van der Waals surface area contributed by atoms with Crippen molar-refractivity contribution in [3.05, 3.63) is 28.8 Å². The van der Waals surface area contributed by atoms with E-state index in [-0.39, 0.29) is 12.5 Å². The molecule has 1 aromatic carbocycles. The van der Waals surface area contributed by atoms with E-state index >= 15 is 0 Å². The van der Waals surface area contributed by atoms with Crippen molar-refractivity contribution in [2.45, 2.75) is 25.8 Å². The highest BCUT2D eigenvalue weighted by atomic mass is 35.5. The molecule has 0 fully saturated rings. The first kappa shape index (κ1) is 14.3. The third kappa shape index (κ3) is 4.25. The van der Waals surface area contributed by atoms with Gasteiger partial charge in [0.1, 0.15) is 0 Å². The molecule has 0 saturated heterocycles. The molecule has 0 bridgehead atoms. The molecule has 6 heteroatoms. The van der Waals surface area contributed by atoms with Gasteiger partial charge in [-0.25, -0.2) is 0 Å². The van der Waals surface area contributed by atoms with Gasteiger partial charge in [0.05, 0.1) is 5.56 Å². The number of carbonyl (C=O) groups excluding carboxylic acids is 1. The standard InChI is InChI=1S/C12H15ClN2O3/c1-7(2-5-11(16)17)15-10-4-3-8(13)6-9(10)12(14)18/h3-4,6-7,15H,2,5H2,1H3,(H2,14,18)(H,16,17). The Labute approximate surface area is 110 Å². The van der Waals surface area contributed by atoms with Gasteiger partial charge in [-0.15, -0.1) is 0 Å². The molecule has 0 aliphatic heterocycles. The number of benzene rings is 1. The summed E-state index contributed by atoms with van der Waals surface area (Å²) >= 11 is 5.79. The van der Waals surface area contributed by atoms with Crippen molar-refractivity contribution in [1.29, 1.82) is 0 Å². The van der Waals surface area contributed by atoms with Crippen LogP contribution < -0.4 is 11.1 Å². The topological polar surface area (TPSA) is 92.4 Å². The van der Waals surface area contributed by atoms with Gasteiger partial charge in [-0.1, -0.05) is 11.6 Å². The minimum Gasteiger partial charge on any atom is -0.481 e. The van der Waals surface area contributed by atoms with Crippen LogP contribution in [0.4, 0.5) is 5.69 Å². The van der Waals surface area contributed by atoms with E-state index in [0.717, 1.165) is 0 Å². The van der Waals surface area contributed by atoms with E-state index in [4.69, 9.17) is 22.4 Å². The largest absolute Gasteiger partial charge is 0.481 e. The van der Waals surface area contributed by atoms with Gasteiger partial charge in [-0.2, -0.15) is 0 Å². The van der Waals surface area contributed by atoms with Crippen LogP contribution in [0.25, 0.3) is 0 Å². The fourth-order valence-corrected chi connectivity index (χ4v) is 1.70. The van der Waals surface area contributed by atoms with Gasteiger partial charge in [0.15, 0.2) is 0 Å². The number of nitrogens with one attached hydrogen (secondary N) is 1. The summed E-state index contributed by atoms with van der Waals surface area (Å²) in [5.74, 6) is -1.43. The van der Waals surface area contributed by atoms with E-state index in [1.165, 1.54) is 6.07 Å². The first-order valence-electron chi connectivity index (χ1n) is 5.48. The Kier molecular flexibility index (Phi) is 4.97. The van der Waals surface area contributed by atoms with Gasteiger partial charge in [0.25, 0.3) is 5.91 Å². The van der Waals surface area contributed by atoms with Gasteiger partial charge >= 0.3 is 5.97 Å². The highest BCUT2D eigenvalue weighted by molar-refractivity contribution is 6.31. The minimum absolute atomic E-state index is 0.0632. The molecule has 0 heterocycles. The van der Waals surface area contributed by atoms with Crippen LogP contribution in [0, 0.1) is 0 Å². The van der Waals surface area contributed by atoms with Crippen LogP contribution >= 0.6 is 11.6 Å². The number of halogens is 1. The number of hydrogen-bond acceptors (Lipinski definition) is 3. The van der Waals surface area contributed by atoms with Gasteiger partial charge < -0.3 is 16.2 Å². The molecule has 1 unspecified atom stereocenters. The summed E-state index contributed by atoms with van der Waals surface area (Å²) < 4.78 is 0. The number of nitrogens with two attached hydrogens (primary N) is 1. The smallest absolute Gasteiger partial charge is 0.303 e. The van der Waals surface area contributed by atoms with Crippen LogP contribution in [0.1, 0.15) is 30.1 Å². The lowest BCUT2D eigenvalue weighted by molar-refractivity contribution is -0.137. The molecule has 0 saturated carbocycles. The molecule has 0 spiro atoms. The monoisotopic (exact) mass is 270 g/mol. The zero-order chi connectivity index (χ0) is 13.7. The first-order chi connectivity index (χ1) is 8.40. The Morgan fingerprint density at radius 2 is 2.17 bits per heavy atom. The average molecular weight is 271 g/mol. The number of amides is 1. The number of aliphatic carboxylic acids is 1. The summed E-state index contributed by atoms with van der Waals surface area (Å²) in [6, 6.07) is 4.69. The van der Waals surface area contributed by atoms with Crippen LogP contribution in [0.15, 0.2) is 18.2 Å². The second-order valence-corrected chi connectivity index (χ2v) is 4.47. The predicted molar refractivity (Wildman–Crippen MR) is 69.9 cm³/mol. The van der Waals surface area contributed by atoms with E-state index in [1.54, 1.807) is 12.1 Å². The molecule has 1 aromatic rings. The first-order valence-corrected chi connectivity index (χ1v) is 5.85. The predicted octanol–water partition coefficient (Wildman–Crippen LogP) is 2.10. The third-order valence-electron chi connectivity index (χ3n) is 2.44. The van der Waals surface area contributed by atoms with E-state index in [9.17, 15) is 9.59 Å². The van der Waals surface area contributed by atoms with Crippen molar-refractivity contribution >= 4 is 29.2 Å². The highest BCUT2D eigenvalue weighted by Crippen LogP contribution is 2.21. The Bertz CT molecular complexity index is 463. The van der Waals surface area contributed by atoms with Crippen molar-refractivity contribution in [3.8, 4) is 0 Å². The SMILES string of the molecule is CC(CCC(=O)O)Nc1ccc(Cl)cc1C(N)=O. The number of carboxylic acid groups (broad SMARTS) is 1. The third-order valence-corrected chi connectivity index (χ3v) is 2.68. The summed E-state index contributed by atoms with van der Waals surface area (Å²) in [7, 11) is 0. The molecule has 0 aromatic heterocycles. The molecule has 0 aliphatic rings. The maximum atomic E-state index is 11.3. The summed E-state index contributed by atoms with van der Waals surface area (Å²) in [6.45, 7) is 1.84. The van der Waals surface area contributed by atoms with Crippen molar-refractivity contribution < 1.29 is 14.7 Å². The molecule has 98 valence electrons. The number of carboxylic acids is 1. The second kappa shape index (κ2) is 6.26. The Balaban J connectivity index is 2.77. The number of hydrogen-bond donors (Lipinski definition) is 3. The quantitative estimate of drug-likeness (QED) is 0.738. The summed E-state index contributed by atoms with van der Waals surface area (Å²) in [4.78, 5) is 21.7. The lowest BCUT2D eigenvalue weighted by Gasteiger charge is -2.16. The van der Waals surface area contributed by atoms with Crippen LogP contribution in [0.3, 0.4) is 0 Å². The van der Waals surface area contributed by atoms with E-state index < -0.39 is 11.9 Å². The lowest BCUT2D eigenvalue weighted by Crippen LogP contribution is -2.20. The van der Waals surface area contributed by atoms with Crippen LogP contribution in [-0.4, -0.2) is 23.0 Å². The molecular weight excluding hydrogens is 256 g/mol. The molecule has 1 atom stereocenters. The normalized spacial score (nSPS) is 11.9. The number of carbonyl (C=O) groups is 2. The zero-order valence-electron chi connectivity index (χ0n) is 9.94. The van der Waals surface area contributed by atoms with Gasteiger partial charge in [-0.05, 0) is 31.5 Å². The highest BCUT2D eigenvalue weighted by Gasteiger charge is 2.12. The van der Waals surface area contributed by atoms with E-state index in [0.29, 0.717) is 22.7 Å². The summed E-state index contributed by atoms with van der Waals surface area (Å²) in [6.07, 6.45) is 0.518. The number of anilines is 1. The molecule has 4 N–H and O–H groups in total. The maximum Gasteiger partial charge on any atom is 0.303 e. The number of rotatable bonds is 6. The van der Waals surface area contributed by atoms with Crippen LogP contribution in [-0.2, 0) is 4.79 Å². The van der Waals surface area contributed by atoms with Crippen molar-refractivity contribution in [3.63, 3.8) is 0 Å². The molecule has 0 radical (unpaired) electrons. The maximum absolute atomic E-state index is 11.3. The summed E-state index contributed by atoms with van der Waals surface area (Å²) in [5.41, 5.74) is 6.11. The Hall–Kier alpha value is -1.75. The molecule has 5 nitrogen and oxygen atoms in total. The average Bonchev–Trinajstić information content (AvgIpc) is 2.28. The Morgan fingerprint density at radius 1 is 1.50 bits per heavy atom. The van der Waals surface area contributed by atoms with Gasteiger partial charge in [0.2, 0.25) is 0 Å². The summed E-state index contributed by atoms with van der Waals surface area (Å²) in [5, 5.41) is 12.1. The van der Waals surface area contributed by atoms with E-state index in [2.05, 4.69) is 5.32 Å². The van der Waals surface area contributed by atoms with Gasteiger partial charge in [-0.3, -0.25) is 9.59 Å². The van der Waals surface area contributed by atoms with Crippen molar-refractivity contribution in [2.75, 3.05) is 5.32 Å². The molecule has 1 rings (SSSR count). The van der Waals surface area contributed by atoms with E-state index in [1.807, 2.05) is 6.92 Å². The molecule has 18 heavy (non-hydrogen) atoms. The Morgan fingerprint density at radius 3 is 2.72 bits per heavy atom. The van der Waals surface area contributed by atoms with Gasteiger partial charge in [0, 0.05) is 23.2 Å². The van der Waals surface area contributed by atoms with Crippen molar-refractivity contribution in [1.82, 2.24) is 0 Å². The van der Waals surface area contributed by atoms with Crippen molar-refractivity contribution in [2.24, 2.45) is 5.73 Å². The fraction of sp³-hybridized carbons (Fsp3) is 0.333. The second-order valence-electron chi connectivity index (χ2n) is 4.03. The molecular formula is C12H15ClN2O3. The molecule has 1 amide bonds. The fourth-order valence-electron chi connectivity index (χ4n) is 1.52.